The molecule has 450 valence electrons. The lowest BCUT2D eigenvalue weighted by Gasteiger charge is -2.33. The van der Waals surface area contributed by atoms with Crippen LogP contribution in [0.1, 0.15) is 99.9 Å². The van der Waals surface area contributed by atoms with Crippen LogP contribution in [0.25, 0.3) is 103 Å². The van der Waals surface area contributed by atoms with Gasteiger partial charge in [0.05, 0.1) is 11.0 Å². The molecule has 0 radical (unpaired) electrons. The third kappa shape index (κ3) is 7.66. The Morgan fingerprint density at radius 3 is 1.10 bits per heavy atom. The maximum atomic E-state index is 2.58. The van der Waals surface area contributed by atoms with Crippen LogP contribution in [0.5, 0.6) is 0 Å². The van der Waals surface area contributed by atoms with Crippen molar-refractivity contribution >= 4 is 87.4 Å². The molecule has 94 heavy (non-hydrogen) atoms. The van der Waals surface area contributed by atoms with Crippen molar-refractivity contribution in [3.63, 3.8) is 0 Å². The number of anilines is 6. The van der Waals surface area contributed by atoms with Gasteiger partial charge in [-0.15, -0.1) is 11.3 Å². The molecule has 4 aliphatic carbocycles. The number of benzene rings is 13. The van der Waals surface area contributed by atoms with Crippen LogP contribution < -0.4 is 9.80 Å². The molecule has 0 amide bonds. The highest BCUT2D eigenvalue weighted by atomic mass is 32.1. The van der Waals surface area contributed by atoms with E-state index in [9.17, 15) is 0 Å². The predicted molar refractivity (Wildman–Crippen MR) is 399 cm³/mol. The van der Waals surface area contributed by atoms with E-state index in [2.05, 4.69) is 343 Å². The molecule has 0 spiro atoms. The van der Waals surface area contributed by atoms with Crippen LogP contribution >= 0.6 is 11.3 Å². The van der Waals surface area contributed by atoms with E-state index in [1.165, 1.54) is 131 Å². The molecule has 2 aromatic heterocycles. The van der Waals surface area contributed by atoms with Crippen molar-refractivity contribution in [1.82, 2.24) is 4.57 Å². The van der Waals surface area contributed by atoms with Gasteiger partial charge >= 0.3 is 0 Å². The minimum Gasteiger partial charge on any atom is -0.310 e. The first-order chi connectivity index (χ1) is 45.6. The fourth-order valence-electron chi connectivity index (χ4n) is 17.6. The fraction of sp³-hybridized carbons (Fsp3) is 0.133. The molecule has 0 aliphatic heterocycles. The summed E-state index contributed by atoms with van der Waals surface area (Å²) in [6, 6.07) is 105. The van der Waals surface area contributed by atoms with Gasteiger partial charge in [-0.3, -0.25) is 0 Å². The zero-order valence-electron chi connectivity index (χ0n) is 54.2. The number of hydrogen-bond acceptors (Lipinski definition) is 3. The van der Waals surface area contributed by atoms with E-state index in [4.69, 9.17) is 0 Å². The molecule has 0 saturated heterocycles. The number of rotatable bonds is 8. The summed E-state index contributed by atoms with van der Waals surface area (Å²) in [6.07, 6.45) is 0. The second-order valence-corrected chi connectivity index (χ2v) is 29.9. The summed E-state index contributed by atoms with van der Waals surface area (Å²) in [5, 5.41) is 5.15. The Kier molecular flexibility index (Phi) is 11.5. The molecule has 4 heteroatoms. The van der Waals surface area contributed by atoms with E-state index in [0.29, 0.717) is 0 Å². The normalized spacial score (nSPS) is 15.1. The van der Waals surface area contributed by atoms with Crippen LogP contribution in [-0.4, -0.2) is 4.57 Å². The molecule has 0 N–H and O–H groups in total. The zero-order chi connectivity index (χ0) is 63.3. The summed E-state index contributed by atoms with van der Waals surface area (Å²) in [6.45, 7) is 19.2. The minimum absolute atomic E-state index is 0.227. The van der Waals surface area contributed by atoms with E-state index in [1.54, 1.807) is 0 Å². The number of thiophene rings is 1. The summed E-state index contributed by atoms with van der Waals surface area (Å²) in [4.78, 5) is 5.15. The Bertz CT molecular complexity index is 5320. The Hall–Kier alpha value is -10.5. The molecule has 15 aromatic rings. The summed E-state index contributed by atoms with van der Waals surface area (Å²) >= 11 is 1.91. The maximum Gasteiger partial charge on any atom is 0.0555 e. The van der Waals surface area contributed by atoms with E-state index >= 15 is 0 Å². The molecule has 0 unspecified atom stereocenters. The minimum atomic E-state index is -0.227. The van der Waals surface area contributed by atoms with Crippen LogP contribution in [0.4, 0.5) is 34.1 Å². The summed E-state index contributed by atoms with van der Waals surface area (Å²) in [5.74, 6) is 0. The Morgan fingerprint density at radius 2 is 0.649 bits per heavy atom. The second kappa shape index (κ2) is 19.5. The SMILES string of the molecule is CC1(C)c2ccccc2-c2ccc(N(c3cc(-c4ccc5c6c7sc8ccccc8c7ccc6n(-c6ccccc6)c5c4)cc(N(c4ccc5c(c4)C(C)(C)c4ccccc4-5)c4ccc5c(c4)C(C)(C)c4ccccc4-5)c3)c3ccc4c(c3)C(C)(C)c3ccccc3-4)cc21. The van der Waals surface area contributed by atoms with Gasteiger partial charge in [0.25, 0.3) is 0 Å². The molecule has 19 rings (SSSR count). The van der Waals surface area contributed by atoms with Gasteiger partial charge in [-0.1, -0.05) is 231 Å². The van der Waals surface area contributed by atoms with Gasteiger partial charge in [0.15, 0.2) is 0 Å². The summed E-state index contributed by atoms with van der Waals surface area (Å²) in [5.41, 5.74) is 32.7. The molecular weight excluding hydrogens is 1160 g/mol. The molecule has 0 atom stereocenters. The second-order valence-electron chi connectivity index (χ2n) is 28.8. The van der Waals surface area contributed by atoms with Crippen molar-refractivity contribution in [2.45, 2.75) is 77.0 Å². The molecule has 0 bridgehead atoms. The van der Waals surface area contributed by atoms with Gasteiger partial charge in [-0.05, 0) is 197 Å². The van der Waals surface area contributed by atoms with Crippen molar-refractivity contribution in [1.29, 1.82) is 0 Å². The lowest BCUT2D eigenvalue weighted by molar-refractivity contribution is 0.659. The lowest BCUT2D eigenvalue weighted by Crippen LogP contribution is -2.19. The van der Waals surface area contributed by atoms with Crippen LogP contribution in [0, 0.1) is 0 Å². The van der Waals surface area contributed by atoms with Crippen molar-refractivity contribution in [2.75, 3.05) is 9.80 Å². The van der Waals surface area contributed by atoms with Gasteiger partial charge in [-0.25, -0.2) is 0 Å². The number of nitrogens with zero attached hydrogens (tertiary/aromatic N) is 3. The highest BCUT2D eigenvalue weighted by molar-refractivity contribution is 7.26. The van der Waals surface area contributed by atoms with Crippen LogP contribution in [-0.2, 0) is 21.7 Å². The summed E-state index contributed by atoms with van der Waals surface area (Å²) < 4.78 is 5.13. The van der Waals surface area contributed by atoms with Gasteiger partial charge < -0.3 is 14.4 Å². The first-order valence-corrected chi connectivity index (χ1v) is 34.1. The Labute approximate surface area is 554 Å². The van der Waals surface area contributed by atoms with Crippen molar-refractivity contribution in [2.24, 2.45) is 0 Å². The zero-order valence-corrected chi connectivity index (χ0v) is 55.0. The van der Waals surface area contributed by atoms with Gasteiger partial charge in [0.1, 0.15) is 0 Å². The van der Waals surface area contributed by atoms with E-state index in [1.807, 2.05) is 11.3 Å². The van der Waals surface area contributed by atoms with E-state index in [-0.39, 0.29) is 21.7 Å². The molecule has 0 saturated carbocycles. The molecule has 13 aromatic carbocycles. The van der Waals surface area contributed by atoms with Gasteiger partial charge in [-0.2, -0.15) is 0 Å². The molecule has 4 aliphatic rings. The number of para-hydroxylation sites is 1. The average molecular weight is 1220 g/mol. The lowest BCUT2D eigenvalue weighted by atomic mass is 9.82. The third-order valence-electron chi connectivity index (χ3n) is 22.3. The van der Waals surface area contributed by atoms with Gasteiger partial charge in [0.2, 0.25) is 0 Å². The smallest absolute Gasteiger partial charge is 0.0555 e. The fourth-order valence-corrected chi connectivity index (χ4v) is 18.8. The highest BCUT2D eigenvalue weighted by Gasteiger charge is 2.41. The molecule has 0 fully saturated rings. The molecule has 2 heterocycles. The van der Waals surface area contributed by atoms with E-state index < -0.39 is 0 Å². The topological polar surface area (TPSA) is 11.4 Å². The monoisotopic (exact) mass is 1220 g/mol. The van der Waals surface area contributed by atoms with Crippen LogP contribution in [0.15, 0.2) is 273 Å². The van der Waals surface area contributed by atoms with Gasteiger partial charge in [0, 0.05) is 92.4 Å². The Morgan fingerprint density at radius 1 is 0.266 bits per heavy atom. The molecule has 3 nitrogen and oxygen atoms in total. The van der Waals surface area contributed by atoms with Crippen LogP contribution in [0.3, 0.4) is 0 Å². The predicted octanol–water partition coefficient (Wildman–Crippen LogP) is 25.0. The first-order valence-electron chi connectivity index (χ1n) is 33.3. The number of fused-ring (bicyclic) bond motifs is 19. The van der Waals surface area contributed by atoms with Crippen molar-refractivity contribution < 1.29 is 0 Å². The van der Waals surface area contributed by atoms with Crippen molar-refractivity contribution in [3.05, 3.63) is 317 Å². The quantitative estimate of drug-likeness (QED) is 0.150. The van der Waals surface area contributed by atoms with Crippen molar-refractivity contribution in [3.8, 4) is 61.3 Å². The van der Waals surface area contributed by atoms with E-state index in [0.717, 1.165) is 50.9 Å². The maximum absolute atomic E-state index is 2.58. The number of hydrogen-bond donors (Lipinski definition) is 0. The third-order valence-corrected chi connectivity index (χ3v) is 23.5. The average Bonchev–Trinajstić information content (AvgIpc) is 1.35. The van der Waals surface area contributed by atoms with Crippen LogP contribution in [0.2, 0.25) is 0 Å². The largest absolute Gasteiger partial charge is 0.310 e. The highest BCUT2D eigenvalue weighted by Crippen LogP contribution is 2.57. The standard InChI is InChI=1S/C90H69N3S/c1-87(2)74-29-17-12-24-63(74)67-40-35-57(50-78(67)87)91(58-36-41-68-64-25-13-18-30-75(64)88(3,4)79(68)51-58)61-46-55(54-34-39-73-83(48-54)93(56-22-10-9-11-23-56)82-45-44-72-71-28-16-21-33-84(71)94-86(72)85(73)82)47-62(49-61)92(59-37-42-69-65-26-14-19-31-76(65)89(5,6)80(69)52-59)60-38-43-70-66-27-15-20-32-77(66)90(7,8)81(70)53-60/h9-53H,1-8H3. The summed E-state index contributed by atoms with van der Waals surface area (Å²) in [7, 11) is 0. The first kappa shape index (κ1) is 55.1. The molecular formula is C90H69N3S. The Balaban J connectivity index is 0.905. The number of aromatic nitrogens is 1.